The van der Waals surface area contributed by atoms with Gasteiger partial charge in [0.15, 0.2) is 0 Å². The summed E-state index contributed by atoms with van der Waals surface area (Å²) in [5.74, 6) is 0. The molecule has 0 unspecified atom stereocenters. The highest BCUT2D eigenvalue weighted by Crippen LogP contribution is 2.24. The number of hydrogen-bond donors (Lipinski definition) is 1. The van der Waals surface area contributed by atoms with Crippen molar-refractivity contribution in [3.05, 3.63) is 33.8 Å². The van der Waals surface area contributed by atoms with Gasteiger partial charge < -0.3 is 5.32 Å². The van der Waals surface area contributed by atoms with Gasteiger partial charge in [0, 0.05) is 6.04 Å². The Balaban J connectivity index is 2.00. The van der Waals surface area contributed by atoms with Crippen molar-refractivity contribution in [1.29, 1.82) is 0 Å². The van der Waals surface area contributed by atoms with Gasteiger partial charge in [-0.1, -0.05) is 35.7 Å². The van der Waals surface area contributed by atoms with Gasteiger partial charge in [0.05, 0.1) is 10.0 Å². The first kappa shape index (κ1) is 11.3. The van der Waals surface area contributed by atoms with Crippen molar-refractivity contribution in [2.45, 2.75) is 31.7 Å². The third-order valence-corrected chi connectivity index (χ3v) is 3.62. The zero-order valence-electron chi connectivity index (χ0n) is 8.60. The number of rotatable bonds is 2. The topological polar surface area (TPSA) is 12.0 Å². The van der Waals surface area contributed by atoms with Crippen molar-refractivity contribution in [2.75, 3.05) is 6.54 Å². The van der Waals surface area contributed by atoms with E-state index in [9.17, 15) is 0 Å². The molecule has 0 spiro atoms. The average Bonchev–Trinajstić information content (AvgIpc) is 2.25. The smallest absolute Gasteiger partial charge is 0.0595 e. The molecule has 82 valence electrons. The molecule has 1 atom stereocenters. The van der Waals surface area contributed by atoms with Crippen LogP contribution < -0.4 is 5.32 Å². The first-order chi connectivity index (χ1) is 7.25. The maximum absolute atomic E-state index is 5.98. The molecule has 0 saturated carbocycles. The second-order valence-electron chi connectivity index (χ2n) is 4.10. The SMILES string of the molecule is Clc1ccc(C[C@@H]2CCCCN2)cc1Cl. The Hall–Kier alpha value is -0.240. The second kappa shape index (κ2) is 5.20. The van der Waals surface area contributed by atoms with Gasteiger partial charge in [0.2, 0.25) is 0 Å². The van der Waals surface area contributed by atoms with E-state index in [4.69, 9.17) is 23.2 Å². The van der Waals surface area contributed by atoms with Crippen LogP contribution in [-0.2, 0) is 6.42 Å². The Morgan fingerprint density at radius 2 is 2.07 bits per heavy atom. The van der Waals surface area contributed by atoms with E-state index < -0.39 is 0 Å². The minimum absolute atomic E-state index is 0.607. The van der Waals surface area contributed by atoms with Crippen LogP contribution in [0.4, 0.5) is 0 Å². The van der Waals surface area contributed by atoms with Crippen molar-refractivity contribution in [3.8, 4) is 0 Å². The molecular formula is C12H15Cl2N. The van der Waals surface area contributed by atoms with Gasteiger partial charge in [-0.15, -0.1) is 0 Å². The Kier molecular flexibility index (Phi) is 3.90. The van der Waals surface area contributed by atoms with Crippen molar-refractivity contribution >= 4 is 23.2 Å². The van der Waals surface area contributed by atoms with Gasteiger partial charge in [0.1, 0.15) is 0 Å². The summed E-state index contributed by atoms with van der Waals surface area (Å²) in [6.07, 6.45) is 4.95. The molecule has 0 bridgehead atoms. The number of hydrogen-bond acceptors (Lipinski definition) is 1. The quantitative estimate of drug-likeness (QED) is 0.836. The highest BCUT2D eigenvalue weighted by atomic mass is 35.5. The van der Waals surface area contributed by atoms with E-state index in [-0.39, 0.29) is 0 Å². The first-order valence-corrected chi connectivity index (χ1v) is 6.18. The first-order valence-electron chi connectivity index (χ1n) is 5.43. The predicted octanol–water partition coefficient (Wildman–Crippen LogP) is 3.68. The van der Waals surface area contributed by atoms with E-state index in [1.54, 1.807) is 0 Å². The monoisotopic (exact) mass is 243 g/mol. The molecule has 1 nitrogen and oxygen atoms in total. The van der Waals surface area contributed by atoms with Gasteiger partial charge in [0.25, 0.3) is 0 Å². The van der Waals surface area contributed by atoms with E-state index in [1.165, 1.54) is 24.8 Å². The van der Waals surface area contributed by atoms with Crippen LogP contribution in [0.2, 0.25) is 10.0 Å². The fraction of sp³-hybridized carbons (Fsp3) is 0.500. The Labute approximate surface area is 101 Å². The predicted molar refractivity (Wildman–Crippen MR) is 65.8 cm³/mol. The van der Waals surface area contributed by atoms with Crippen LogP contribution in [0.5, 0.6) is 0 Å². The lowest BCUT2D eigenvalue weighted by molar-refractivity contribution is 0.399. The third kappa shape index (κ3) is 3.10. The van der Waals surface area contributed by atoms with E-state index >= 15 is 0 Å². The van der Waals surface area contributed by atoms with Crippen LogP contribution in [0.3, 0.4) is 0 Å². The summed E-state index contributed by atoms with van der Waals surface area (Å²) in [5.41, 5.74) is 1.27. The summed E-state index contributed by atoms with van der Waals surface area (Å²) in [7, 11) is 0. The molecule has 1 fully saturated rings. The van der Waals surface area contributed by atoms with Crippen molar-refractivity contribution < 1.29 is 0 Å². The van der Waals surface area contributed by atoms with E-state index in [1.807, 2.05) is 12.1 Å². The zero-order chi connectivity index (χ0) is 10.7. The molecule has 3 heteroatoms. The summed E-state index contributed by atoms with van der Waals surface area (Å²) in [6.45, 7) is 1.14. The molecule has 1 aliphatic heterocycles. The second-order valence-corrected chi connectivity index (χ2v) is 4.91. The number of halogens is 2. The molecule has 1 aliphatic rings. The van der Waals surface area contributed by atoms with E-state index in [0.29, 0.717) is 16.1 Å². The average molecular weight is 244 g/mol. The lowest BCUT2D eigenvalue weighted by atomic mass is 9.98. The van der Waals surface area contributed by atoms with Crippen LogP contribution in [-0.4, -0.2) is 12.6 Å². The standard InChI is InChI=1S/C12H15Cl2N/c13-11-5-4-9(8-12(11)14)7-10-3-1-2-6-15-10/h4-5,8,10,15H,1-3,6-7H2/t10-/m0/s1. The van der Waals surface area contributed by atoms with Gasteiger partial charge in [-0.2, -0.15) is 0 Å². The summed E-state index contributed by atoms with van der Waals surface area (Å²) < 4.78 is 0. The molecule has 0 radical (unpaired) electrons. The summed E-state index contributed by atoms with van der Waals surface area (Å²) in [4.78, 5) is 0. The lowest BCUT2D eigenvalue weighted by Gasteiger charge is -2.23. The maximum Gasteiger partial charge on any atom is 0.0595 e. The van der Waals surface area contributed by atoms with Crippen LogP contribution in [0, 0.1) is 0 Å². The van der Waals surface area contributed by atoms with Gasteiger partial charge >= 0.3 is 0 Å². The lowest BCUT2D eigenvalue weighted by Crippen LogP contribution is -2.35. The van der Waals surface area contributed by atoms with E-state index in [2.05, 4.69) is 11.4 Å². The maximum atomic E-state index is 5.98. The Morgan fingerprint density at radius 3 is 2.73 bits per heavy atom. The minimum Gasteiger partial charge on any atom is -0.314 e. The van der Waals surface area contributed by atoms with Crippen molar-refractivity contribution in [1.82, 2.24) is 5.32 Å². The normalized spacial score (nSPS) is 21.6. The number of benzene rings is 1. The fourth-order valence-corrected chi connectivity index (χ4v) is 2.37. The largest absolute Gasteiger partial charge is 0.314 e. The number of piperidine rings is 1. The highest BCUT2D eigenvalue weighted by molar-refractivity contribution is 6.42. The highest BCUT2D eigenvalue weighted by Gasteiger charge is 2.13. The molecule has 1 N–H and O–H groups in total. The molecule has 0 aromatic heterocycles. The van der Waals surface area contributed by atoms with Crippen LogP contribution in [0.25, 0.3) is 0 Å². The van der Waals surface area contributed by atoms with Gasteiger partial charge in [-0.3, -0.25) is 0 Å². The van der Waals surface area contributed by atoms with Crippen LogP contribution in [0.1, 0.15) is 24.8 Å². The van der Waals surface area contributed by atoms with Crippen molar-refractivity contribution in [3.63, 3.8) is 0 Å². The molecule has 1 saturated heterocycles. The third-order valence-electron chi connectivity index (χ3n) is 2.88. The molecule has 1 heterocycles. The van der Waals surface area contributed by atoms with Gasteiger partial charge in [-0.25, -0.2) is 0 Å². The summed E-state index contributed by atoms with van der Waals surface area (Å²) in [6, 6.07) is 6.52. The summed E-state index contributed by atoms with van der Waals surface area (Å²) in [5, 5.41) is 4.82. The molecular weight excluding hydrogens is 229 g/mol. The van der Waals surface area contributed by atoms with Crippen LogP contribution in [0.15, 0.2) is 18.2 Å². The summed E-state index contributed by atoms with van der Waals surface area (Å²) >= 11 is 11.9. The Bertz CT molecular complexity index is 332. The molecule has 2 rings (SSSR count). The van der Waals surface area contributed by atoms with Crippen molar-refractivity contribution in [2.24, 2.45) is 0 Å². The van der Waals surface area contributed by atoms with Crippen LogP contribution >= 0.6 is 23.2 Å². The van der Waals surface area contributed by atoms with E-state index in [0.717, 1.165) is 13.0 Å². The molecule has 0 aliphatic carbocycles. The molecule has 0 amide bonds. The molecule has 1 aromatic carbocycles. The fourth-order valence-electron chi connectivity index (χ4n) is 2.05. The zero-order valence-corrected chi connectivity index (χ0v) is 10.1. The number of nitrogens with one attached hydrogen (secondary N) is 1. The minimum atomic E-state index is 0.607. The molecule has 1 aromatic rings. The Morgan fingerprint density at radius 1 is 1.20 bits per heavy atom. The van der Waals surface area contributed by atoms with Gasteiger partial charge in [-0.05, 0) is 43.5 Å². The molecule has 15 heavy (non-hydrogen) atoms.